The summed E-state index contributed by atoms with van der Waals surface area (Å²) >= 11 is 0. The van der Waals surface area contributed by atoms with Crippen LogP contribution in [0.3, 0.4) is 0 Å². The maximum Gasteiger partial charge on any atom is 0.287 e. The number of aliphatic hydroxyl groups excluding tert-OH is 1. The highest BCUT2D eigenvalue weighted by atomic mass is 19.1. The monoisotopic (exact) mass is 291 g/mol. The summed E-state index contributed by atoms with van der Waals surface area (Å²) in [5.41, 5.74) is 0.719. The van der Waals surface area contributed by atoms with Gasteiger partial charge in [-0.05, 0) is 25.8 Å². The molecule has 0 radical (unpaired) electrons. The molecule has 1 saturated carbocycles. The molecule has 21 heavy (non-hydrogen) atoms. The lowest BCUT2D eigenvalue weighted by Crippen LogP contribution is -2.45. The van der Waals surface area contributed by atoms with Crippen LogP contribution in [0.5, 0.6) is 0 Å². The van der Waals surface area contributed by atoms with E-state index >= 15 is 0 Å². The third kappa shape index (κ3) is 2.53. The van der Waals surface area contributed by atoms with Crippen LogP contribution in [0.4, 0.5) is 4.39 Å². The lowest BCUT2D eigenvalue weighted by molar-refractivity contribution is 0.0699. The van der Waals surface area contributed by atoms with Crippen LogP contribution in [0.15, 0.2) is 22.6 Å². The summed E-state index contributed by atoms with van der Waals surface area (Å²) in [5.74, 6) is -0.755. The second-order valence-corrected chi connectivity index (χ2v) is 5.60. The molecule has 1 aliphatic carbocycles. The van der Waals surface area contributed by atoms with Gasteiger partial charge in [0.1, 0.15) is 0 Å². The van der Waals surface area contributed by atoms with Crippen molar-refractivity contribution >= 4 is 16.9 Å². The zero-order valence-corrected chi connectivity index (χ0v) is 11.9. The van der Waals surface area contributed by atoms with E-state index in [0.29, 0.717) is 17.4 Å². The number of aliphatic hydroxyl groups is 1. The molecule has 1 heterocycles. The summed E-state index contributed by atoms with van der Waals surface area (Å²) in [6.07, 6.45) is 2.88. The van der Waals surface area contributed by atoms with Crippen LogP contribution in [0, 0.1) is 12.7 Å². The predicted molar refractivity (Wildman–Crippen MR) is 76.6 cm³/mol. The zero-order chi connectivity index (χ0) is 15.0. The van der Waals surface area contributed by atoms with Gasteiger partial charge in [0, 0.05) is 10.9 Å². The first-order chi connectivity index (χ1) is 10.1. The Hall–Kier alpha value is -1.88. The van der Waals surface area contributed by atoms with Crippen LogP contribution >= 0.6 is 0 Å². The van der Waals surface area contributed by atoms with Gasteiger partial charge in [0.25, 0.3) is 5.91 Å². The van der Waals surface area contributed by atoms with Gasteiger partial charge < -0.3 is 14.8 Å². The Kier molecular flexibility index (Phi) is 3.68. The Morgan fingerprint density at radius 3 is 2.86 bits per heavy atom. The second kappa shape index (κ2) is 5.48. The molecule has 4 nitrogen and oxygen atoms in total. The van der Waals surface area contributed by atoms with Crippen molar-refractivity contribution in [1.29, 1.82) is 0 Å². The average Bonchev–Trinajstić information content (AvgIpc) is 2.81. The SMILES string of the molecule is Cc1c(C(=O)N[C@H]2CCCC[C@@H]2O)oc2c(F)cccc12. The number of hydrogen-bond acceptors (Lipinski definition) is 3. The maximum absolute atomic E-state index is 13.7. The molecule has 3 rings (SSSR count). The topological polar surface area (TPSA) is 62.5 Å². The molecule has 0 aliphatic heterocycles. The minimum Gasteiger partial charge on any atom is -0.448 e. The van der Waals surface area contributed by atoms with Crippen LogP contribution in [0.1, 0.15) is 41.8 Å². The molecule has 2 aromatic rings. The molecule has 1 amide bonds. The van der Waals surface area contributed by atoms with Gasteiger partial charge in [0.2, 0.25) is 0 Å². The first kappa shape index (κ1) is 14.1. The molecule has 5 heteroatoms. The van der Waals surface area contributed by atoms with E-state index < -0.39 is 17.8 Å². The molecular weight excluding hydrogens is 273 g/mol. The Bertz CT molecular complexity index is 679. The van der Waals surface area contributed by atoms with Crippen molar-refractivity contribution < 1.29 is 18.7 Å². The number of carbonyl (C=O) groups is 1. The van der Waals surface area contributed by atoms with Gasteiger partial charge in [-0.15, -0.1) is 0 Å². The summed E-state index contributed by atoms with van der Waals surface area (Å²) in [5, 5.41) is 13.3. The Morgan fingerprint density at radius 1 is 1.38 bits per heavy atom. The number of furan rings is 1. The van der Waals surface area contributed by atoms with Crippen LogP contribution in [-0.4, -0.2) is 23.2 Å². The van der Waals surface area contributed by atoms with E-state index in [2.05, 4.69) is 5.32 Å². The molecule has 1 aromatic heterocycles. The number of hydrogen-bond donors (Lipinski definition) is 2. The van der Waals surface area contributed by atoms with E-state index in [9.17, 15) is 14.3 Å². The van der Waals surface area contributed by atoms with Crippen LogP contribution < -0.4 is 5.32 Å². The van der Waals surface area contributed by atoms with Crippen molar-refractivity contribution in [1.82, 2.24) is 5.32 Å². The molecule has 1 fully saturated rings. The number of nitrogens with one attached hydrogen (secondary N) is 1. The number of amides is 1. The van der Waals surface area contributed by atoms with Gasteiger partial charge in [0.05, 0.1) is 12.1 Å². The highest BCUT2D eigenvalue weighted by Crippen LogP contribution is 2.27. The number of rotatable bonds is 2. The smallest absolute Gasteiger partial charge is 0.287 e. The van der Waals surface area contributed by atoms with E-state index in [1.54, 1.807) is 19.1 Å². The van der Waals surface area contributed by atoms with Crippen molar-refractivity contribution in [3.05, 3.63) is 35.3 Å². The van der Waals surface area contributed by atoms with Crippen LogP contribution in [0.2, 0.25) is 0 Å². The van der Waals surface area contributed by atoms with Gasteiger partial charge in [0.15, 0.2) is 17.2 Å². The molecule has 2 atom stereocenters. The fourth-order valence-electron chi connectivity index (χ4n) is 2.94. The molecule has 0 spiro atoms. The highest BCUT2D eigenvalue weighted by molar-refractivity contribution is 5.99. The molecule has 0 unspecified atom stereocenters. The minimum absolute atomic E-state index is 0.101. The molecule has 1 aliphatic rings. The molecule has 112 valence electrons. The number of halogens is 1. The summed E-state index contributed by atoms with van der Waals surface area (Å²) in [7, 11) is 0. The van der Waals surface area contributed by atoms with Crippen molar-refractivity contribution in [3.63, 3.8) is 0 Å². The number of para-hydroxylation sites is 1. The fraction of sp³-hybridized carbons (Fsp3) is 0.438. The number of carbonyl (C=O) groups excluding carboxylic acids is 1. The molecule has 2 N–H and O–H groups in total. The molecular formula is C16H18FNO3. The molecule has 0 saturated heterocycles. The van der Waals surface area contributed by atoms with Gasteiger partial charge in [-0.1, -0.05) is 25.0 Å². The largest absolute Gasteiger partial charge is 0.448 e. The lowest BCUT2D eigenvalue weighted by Gasteiger charge is -2.28. The highest BCUT2D eigenvalue weighted by Gasteiger charge is 2.27. The Labute approximate surface area is 121 Å². The summed E-state index contributed by atoms with van der Waals surface area (Å²) in [4.78, 5) is 12.3. The Morgan fingerprint density at radius 2 is 2.14 bits per heavy atom. The quantitative estimate of drug-likeness (QED) is 0.894. The van der Waals surface area contributed by atoms with Crippen LogP contribution in [0.25, 0.3) is 11.0 Å². The van der Waals surface area contributed by atoms with E-state index in [4.69, 9.17) is 4.42 Å². The van der Waals surface area contributed by atoms with Crippen molar-refractivity contribution in [3.8, 4) is 0 Å². The lowest BCUT2D eigenvalue weighted by atomic mass is 9.92. The van der Waals surface area contributed by atoms with Crippen molar-refractivity contribution in [2.75, 3.05) is 0 Å². The second-order valence-electron chi connectivity index (χ2n) is 5.60. The third-order valence-corrected chi connectivity index (χ3v) is 4.17. The third-order valence-electron chi connectivity index (χ3n) is 4.17. The number of benzene rings is 1. The predicted octanol–water partition coefficient (Wildman–Crippen LogP) is 2.91. The standard InChI is InChI=1S/C16H18FNO3/c1-9-10-5-4-6-11(17)15(10)21-14(9)16(20)18-12-7-2-3-8-13(12)19/h4-6,12-13,19H,2-3,7-8H2,1H3,(H,18,20)/t12-,13-/m0/s1. The average molecular weight is 291 g/mol. The van der Waals surface area contributed by atoms with Crippen LogP contribution in [-0.2, 0) is 0 Å². The van der Waals surface area contributed by atoms with E-state index in [-0.39, 0.29) is 17.4 Å². The van der Waals surface area contributed by atoms with E-state index in [1.165, 1.54) is 6.07 Å². The van der Waals surface area contributed by atoms with Crippen molar-refractivity contribution in [2.45, 2.75) is 44.8 Å². The van der Waals surface area contributed by atoms with Gasteiger partial charge in [-0.3, -0.25) is 4.79 Å². The summed E-state index contributed by atoms with van der Waals surface area (Å²) in [6, 6.07) is 4.36. The number of fused-ring (bicyclic) bond motifs is 1. The van der Waals surface area contributed by atoms with Gasteiger partial charge in [-0.25, -0.2) is 4.39 Å². The summed E-state index contributed by atoms with van der Waals surface area (Å²) in [6.45, 7) is 1.73. The van der Waals surface area contributed by atoms with E-state index in [0.717, 1.165) is 19.3 Å². The first-order valence-corrected chi connectivity index (χ1v) is 7.24. The minimum atomic E-state index is -0.524. The first-order valence-electron chi connectivity index (χ1n) is 7.24. The van der Waals surface area contributed by atoms with Crippen molar-refractivity contribution in [2.24, 2.45) is 0 Å². The number of aryl methyl sites for hydroxylation is 1. The zero-order valence-electron chi connectivity index (χ0n) is 11.9. The van der Waals surface area contributed by atoms with Gasteiger partial charge >= 0.3 is 0 Å². The fourth-order valence-corrected chi connectivity index (χ4v) is 2.94. The van der Waals surface area contributed by atoms with E-state index in [1.807, 2.05) is 0 Å². The normalized spacial score (nSPS) is 22.4. The summed E-state index contributed by atoms with van der Waals surface area (Å²) < 4.78 is 19.1. The Balaban J connectivity index is 1.88. The molecule has 1 aromatic carbocycles. The van der Waals surface area contributed by atoms with Gasteiger partial charge in [-0.2, -0.15) is 0 Å². The molecule has 0 bridgehead atoms. The maximum atomic E-state index is 13.7.